The Morgan fingerprint density at radius 2 is 1.31 bits per heavy atom. The zero-order chi connectivity index (χ0) is 19.3. The number of nitrogen functional groups attached to an aromatic ring is 2. The van der Waals surface area contributed by atoms with Crippen molar-refractivity contribution in [3.8, 4) is 0 Å². The number of carbonyl (C=O) groups is 1. The second kappa shape index (κ2) is 8.51. The van der Waals surface area contributed by atoms with E-state index in [9.17, 15) is 4.79 Å². The second-order valence-corrected chi connectivity index (χ2v) is 6.30. The van der Waals surface area contributed by atoms with Crippen LogP contribution in [0.4, 0.5) is 22.7 Å². The van der Waals surface area contributed by atoms with Crippen LogP contribution in [0.5, 0.6) is 0 Å². The lowest BCUT2D eigenvalue weighted by molar-refractivity contribution is -0.121. The number of hydrogen-bond donors (Lipinski definition) is 4. The van der Waals surface area contributed by atoms with Gasteiger partial charge in [-0.2, -0.15) is 0 Å². The number of Topliss-reactive ketones (excluding diaryl/α,β-unsaturated/α-hetero) is 1. The van der Waals surface area contributed by atoms with Crippen LogP contribution in [0.1, 0.15) is 50.9 Å². The molecule has 0 fully saturated rings. The third-order valence-electron chi connectivity index (χ3n) is 4.39. The van der Waals surface area contributed by atoms with Gasteiger partial charge in [-0.3, -0.25) is 14.8 Å². The molecule has 0 bridgehead atoms. The van der Waals surface area contributed by atoms with Gasteiger partial charge in [0.25, 0.3) is 0 Å². The Labute approximate surface area is 154 Å². The Kier molecular flexibility index (Phi) is 6.38. The number of ketones is 1. The van der Waals surface area contributed by atoms with Crippen LogP contribution in [0.15, 0.2) is 24.5 Å². The minimum atomic E-state index is -0.389. The summed E-state index contributed by atoms with van der Waals surface area (Å²) >= 11 is 0. The van der Waals surface area contributed by atoms with Crippen molar-refractivity contribution >= 4 is 28.5 Å². The van der Waals surface area contributed by atoms with Crippen LogP contribution in [0, 0.1) is 0 Å². The van der Waals surface area contributed by atoms with Crippen LogP contribution < -0.4 is 22.1 Å². The zero-order valence-electron chi connectivity index (χ0n) is 15.8. The highest BCUT2D eigenvalue weighted by Crippen LogP contribution is 2.29. The Balaban J connectivity index is 2.19. The minimum absolute atomic E-state index is 0.0243. The average Bonchev–Trinajstić information content (AvgIpc) is 2.63. The largest absolute Gasteiger partial charge is 0.397 e. The molecule has 0 radical (unpaired) electrons. The van der Waals surface area contributed by atoms with Crippen molar-refractivity contribution in [1.82, 2.24) is 9.97 Å². The number of hydrogen-bond acceptors (Lipinski definition) is 7. The molecule has 2 aromatic heterocycles. The average molecular weight is 356 g/mol. The minimum Gasteiger partial charge on any atom is -0.397 e. The van der Waals surface area contributed by atoms with Crippen molar-refractivity contribution in [2.24, 2.45) is 0 Å². The molecule has 7 nitrogen and oxygen atoms in total. The van der Waals surface area contributed by atoms with Crippen LogP contribution in [0.2, 0.25) is 0 Å². The highest BCUT2D eigenvalue weighted by Gasteiger charge is 2.25. The number of nitrogens with two attached hydrogens (primary N) is 2. The van der Waals surface area contributed by atoms with E-state index in [-0.39, 0.29) is 17.6 Å². The molecule has 0 aliphatic rings. The van der Waals surface area contributed by atoms with Gasteiger partial charge < -0.3 is 22.1 Å². The van der Waals surface area contributed by atoms with E-state index < -0.39 is 0 Å². The molecule has 2 unspecified atom stereocenters. The van der Waals surface area contributed by atoms with E-state index in [4.69, 9.17) is 11.5 Å². The second-order valence-electron chi connectivity index (χ2n) is 6.30. The molecule has 0 aliphatic carbocycles. The van der Waals surface area contributed by atoms with E-state index in [0.29, 0.717) is 22.8 Å². The van der Waals surface area contributed by atoms with E-state index in [1.165, 1.54) is 0 Å². The smallest absolute Gasteiger partial charge is 0.150 e. The molecular weight excluding hydrogens is 328 g/mol. The summed E-state index contributed by atoms with van der Waals surface area (Å²) in [6.07, 6.45) is 3.34. The fourth-order valence-electron chi connectivity index (χ4n) is 2.79. The van der Waals surface area contributed by atoms with Crippen molar-refractivity contribution in [3.05, 3.63) is 35.9 Å². The Hall–Kier alpha value is -2.83. The van der Waals surface area contributed by atoms with Crippen LogP contribution in [-0.2, 0) is 4.79 Å². The monoisotopic (exact) mass is 356 g/mol. The number of pyridine rings is 2. The topological polar surface area (TPSA) is 119 Å². The van der Waals surface area contributed by atoms with Crippen molar-refractivity contribution in [3.63, 3.8) is 0 Å². The van der Waals surface area contributed by atoms with Gasteiger partial charge >= 0.3 is 0 Å². The van der Waals surface area contributed by atoms with Gasteiger partial charge in [0.2, 0.25) is 0 Å². The van der Waals surface area contributed by atoms with Crippen LogP contribution in [0.25, 0.3) is 0 Å². The van der Waals surface area contributed by atoms with Crippen molar-refractivity contribution in [1.29, 1.82) is 0 Å². The van der Waals surface area contributed by atoms with Gasteiger partial charge in [-0.1, -0.05) is 0 Å². The molecule has 0 aromatic carbocycles. The predicted octanol–water partition coefficient (Wildman–Crippen LogP) is 2.98. The van der Waals surface area contributed by atoms with Gasteiger partial charge in [-0.25, -0.2) is 0 Å². The summed E-state index contributed by atoms with van der Waals surface area (Å²) in [5.74, 6) is -0.755. The molecule has 0 spiro atoms. The molecule has 26 heavy (non-hydrogen) atoms. The summed E-state index contributed by atoms with van der Waals surface area (Å²) in [6.45, 7) is 9.16. The van der Waals surface area contributed by atoms with Crippen molar-refractivity contribution < 1.29 is 4.79 Å². The first-order valence-corrected chi connectivity index (χ1v) is 8.91. The molecule has 0 saturated carbocycles. The van der Waals surface area contributed by atoms with Crippen LogP contribution in [-0.4, -0.2) is 28.8 Å². The Morgan fingerprint density at radius 3 is 1.62 bits per heavy atom. The molecule has 0 saturated heterocycles. The van der Waals surface area contributed by atoms with Gasteiger partial charge in [0.05, 0.1) is 58.4 Å². The Bertz CT molecular complexity index is 713. The molecule has 2 heterocycles. The van der Waals surface area contributed by atoms with Crippen molar-refractivity contribution in [2.75, 3.05) is 35.2 Å². The highest BCUT2D eigenvalue weighted by molar-refractivity contribution is 5.91. The number of anilines is 4. The molecule has 6 N–H and O–H groups in total. The summed E-state index contributed by atoms with van der Waals surface area (Å²) in [6, 6.07) is 3.51. The van der Waals surface area contributed by atoms with E-state index in [1.807, 2.05) is 27.7 Å². The van der Waals surface area contributed by atoms with Crippen LogP contribution in [0.3, 0.4) is 0 Å². The zero-order valence-corrected chi connectivity index (χ0v) is 15.8. The maximum absolute atomic E-state index is 12.9. The number of carbonyl (C=O) groups excluding carboxylic acids is 1. The number of aromatic nitrogens is 2. The number of nitrogens with one attached hydrogen (secondary N) is 2. The quantitative estimate of drug-likeness (QED) is 0.574. The normalized spacial score (nSPS) is 13.1. The summed E-state index contributed by atoms with van der Waals surface area (Å²) < 4.78 is 0. The van der Waals surface area contributed by atoms with E-state index in [0.717, 1.165) is 24.5 Å². The predicted molar refractivity (Wildman–Crippen MR) is 107 cm³/mol. The first kappa shape index (κ1) is 19.5. The van der Waals surface area contributed by atoms with Gasteiger partial charge in [0.15, 0.2) is 0 Å². The fourth-order valence-corrected chi connectivity index (χ4v) is 2.79. The summed E-state index contributed by atoms with van der Waals surface area (Å²) in [4.78, 5) is 21.7. The molecular formula is C19H28N6O. The van der Waals surface area contributed by atoms with E-state index in [2.05, 4.69) is 20.6 Å². The lowest BCUT2D eigenvalue weighted by Crippen LogP contribution is -2.19. The van der Waals surface area contributed by atoms with E-state index in [1.54, 1.807) is 24.5 Å². The molecule has 0 aliphatic heterocycles. The third kappa shape index (κ3) is 4.22. The number of rotatable bonds is 8. The van der Waals surface area contributed by atoms with Gasteiger partial charge in [0, 0.05) is 13.1 Å². The van der Waals surface area contributed by atoms with Crippen molar-refractivity contribution in [2.45, 2.75) is 39.5 Å². The molecule has 2 rings (SSSR count). The Morgan fingerprint density at radius 1 is 0.923 bits per heavy atom. The molecule has 0 amide bonds. The van der Waals surface area contributed by atoms with E-state index >= 15 is 0 Å². The lowest BCUT2D eigenvalue weighted by atomic mass is 9.90. The maximum Gasteiger partial charge on any atom is 0.150 e. The number of nitrogens with zero attached hydrogens (tertiary/aromatic N) is 2. The standard InChI is InChI=1S/C19H28N6O/c1-5-22-17-9-24-15(7-13(17)20)11(3)19(26)12(4)16-8-14(21)18(10-25-16)23-6-2/h7-12,22-23H,5-6H2,1-4H3,(H2,20,24)(H2,21,25). The third-order valence-corrected chi connectivity index (χ3v) is 4.39. The summed E-state index contributed by atoms with van der Waals surface area (Å²) in [7, 11) is 0. The summed E-state index contributed by atoms with van der Waals surface area (Å²) in [5, 5.41) is 6.28. The highest BCUT2D eigenvalue weighted by atomic mass is 16.1. The molecule has 7 heteroatoms. The molecule has 140 valence electrons. The first-order valence-electron chi connectivity index (χ1n) is 8.91. The summed E-state index contributed by atoms with van der Waals surface area (Å²) in [5.41, 5.74) is 16.1. The lowest BCUT2D eigenvalue weighted by Gasteiger charge is -2.18. The van der Waals surface area contributed by atoms with Crippen LogP contribution >= 0.6 is 0 Å². The SMILES string of the molecule is CCNc1cnc(C(C)C(=O)C(C)c2cc(N)c(NCC)cn2)cc1N. The van der Waals surface area contributed by atoms with Gasteiger partial charge in [-0.05, 0) is 39.8 Å². The fraction of sp³-hybridized carbons (Fsp3) is 0.421. The molecule has 2 atom stereocenters. The van der Waals surface area contributed by atoms with Gasteiger partial charge in [-0.15, -0.1) is 0 Å². The maximum atomic E-state index is 12.9. The van der Waals surface area contributed by atoms with Gasteiger partial charge in [0.1, 0.15) is 5.78 Å². The molecule has 2 aromatic rings. The first-order chi connectivity index (χ1) is 12.4.